The normalized spacial score (nSPS) is 25.4. The number of nitrogens with zero attached hydrogens (tertiary/aromatic N) is 1. The zero-order chi connectivity index (χ0) is 16.3. The van der Waals surface area contributed by atoms with Gasteiger partial charge in [-0.2, -0.15) is 0 Å². The van der Waals surface area contributed by atoms with E-state index in [4.69, 9.17) is 4.74 Å². The molecule has 23 heavy (non-hydrogen) atoms. The molecule has 0 bridgehead atoms. The van der Waals surface area contributed by atoms with Crippen molar-refractivity contribution in [1.29, 1.82) is 0 Å². The second kappa shape index (κ2) is 7.02. The van der Waals surface area contributed by atoms with Crippen LogP contribution < -0.4 is 0 Å². The van der Waals surface area contributed by atoms with E-state index < -0.39 is 11.6 Å². The van der Waals surface area contributed by atoms with Crippen molar-refractivity contribution in [3.05, 3.63) is 35.9 Å². The first-order chi connectivity index (χ1) is 11.1. The molecule has 4 nitrogen and oxygen atoms in total. The quantitative estimate of drug-likeness (QED) is 0.849. The van der Waals surface area contributed by atoms with Crippen LogP contribution in [0.4, 0.5) is 0 Å². The highest BCUT2D eigenvalue weighted by atomic mass is 16.6. The molecular weight excluding hydrogens is 290 g/mol. The number of rotatable bonds is 5. The standard InChI is InChI=1S/C19H27NO3/c1-19(22,16-9-5-6-10-16)18(21)23-17-11-12-20(14-17)13-15-7-3-2-4-8-15/h2-4,7-8,16-17,22H,5-6,9-14H2,1H3. The van der Waals surface area contributed by atoms with Gasteiger partial charge in [0.2, 0.25) is 0 Å². The molecule has 0 amide bonds. The molecule has 1 aromatic carbocycles. The fourth-order valence-electron chi connectivity index (χ4n) is 3.80. The number of benzene rings is 1. The van der Waals surface area contributed by atoms with Crippen LogP contribution in [0, 0.1) is 5.92 Å². The lowest BCUT2D eigenvalue weighted by Crippen LogP contribution is -2.45. The van der Waals surface area contributed by atoms with Crippen molar-refractivity contribution in [2.45, 2.75) is 57.3 Å². The molecule has 1 saturated heterocycles. The Hall–Kier alpha value is -1.39. The van der Waals surface area contributed by atoms with Crippen molar-refractivity contribution >= 4 is 5.97 Å². The summed E-state index contributed by atoms with van der Waals surface area (Å²) in [6.07, 6.45) is 4.79. The van der Waals surface area contributed by atoms with Gasteiger partial charge in [-0.25, -0.2) is 4.79 Å². The van der Waals surface area contributed by atoms with Gasteiger partial charge in [0, 0.05) is 19.6 Å². The molecule has 126 valence electrons. The van der Waals surface area contributed by atoms with Crippen LogP contribution in [0.1, 0.15) is 44.6 Å². The predicted octanol–water partition coefficient (Wildman–Crippen LogP) is 2.75. The average Bonchev–Trinajstić information content (AvgIpc) is 3.20. The number of ether oxygens (including phenoxy) is 1. The Morgan fingerprint density at radius 1 is 1.26 bits per heavy atom. The van der Waals surface area contributed by atoms with E-state index in [9.17, 15) is 9.90 Å². The average molecular weight is 317 g/mol. The summed E-state index contributed by atoms with van der Waals surface area (Å²) in [5, 5.41) is 10.6. The monoisotopic (exact) mass is 317 g/mol. The van der Waals surface area contributed by atoms with E-state index in [2.05, 4.69) is 17.0 Å². The second-order valence-electron chi connectivity index (χ2n) is 7.17. The maximum absolute atomic E-state index is 12.4. The molecule has 1 aliphatic carbocycles. The molecule has 2 atom stereocenters. The van der Waals surface area contributed by atoms with E-state index in [1.807, 2.05) is 18.2 Å². The maximum atomic E-state index is 12.4. The highest BCUT2D eigenvalue weighted by Crippen LogP contribution is 2.35. The lowest BCUT2D eigenvalue weighted by molar-refractivity contribution is -0.174. The Bertz CT molecular complexity index is 523. The summed E-state index contributed by atoms with van der Waals surface area (Å²) in [6, 6.07) is 10.3. The molecule has 2 aliphatic rings. The van der Waals surface area contributed by atoms with Crippen LogP contribution in [-0.2, 0) is 16.1 Å². The van der Waals surface area contributed by atoms with E-state index in [1.54, 1.807) is 6.92 Å². The largest absolute Gasteiger partial charge is 0.459 e. The van der Waals surface area contributed by atoms with Crippen molar-refractivity contribution in [1.82, 2.24) is 4.90 Å². The highest BCUT2D eigenvalue weighted by Gasteiger charge is 2.43. The third kappa shape index (κ3) is 3.93. The SMILES string of the molecule is CC(O)(C(=O)OC1CCN(Cc2ccccc2)C1)C1CCCC1. The van der Waals surface area contributed by atoms with Crippen LogP contribution >= 0.6 is 0 Å². The van der Waals surface area contributed by atoms with Gasteiger partial charge in [-0.3, -0.25) is 4.90 Å². The number of likely N-dealkylation sites (tertiary alicyclic amines) is 1. The predicted molar refractivity (Wildman–Crippen MR) is 88.8 cm³/mol. The van der Waals surface area contributed by atoms with Crippen molar-refractivity contribution < 1.29 is 14.6 Å². The van der Waals surface area contributed by atoms with E-state index in [-0.39, 0.29) is 12.0 Å². The highest BCUT2D eigenvalue weighted by molar-refractivity contribution is 5.79. The minimum Gasteiger partial charge on any atom is -0.459 e. The summed E-state index contributed by atoms with van der Waals surface area (Å²) in [4.78, 5) is 14.7. The number of hydrogen-bond acceptors (Lipinski definition) is 4. The molecule has 3 rings (SSSR count). The smallest absolute Gasteiger partial charge is 0.338 e. The van der Waals surface area contributed by atoms with Gasteiger partial charge >= 0.3 is 5.97 Å². The van der Waals surface area contributed by atoms with Crippen molar-refractivity contribution in [2.75, 3.05) is 13.1 Å². The molecule has 2 unspecified atom stereocenters. The van der Waals surface area contributed by atoms with Crippen LogP contribution in [0.15, 0.2) is 30.3 Å². The van der Waals surface area contributed by atoms with Gasteiger partial charge < -0.3 is 9.84 Å². The zero-order valence-corrected chi connectivity index (χ0v) is 13.9. The molecule has 2 fully saturated rings. The van der Waals surface area contributed by atoms with Crippen molar-refractivity contribution in [2.24, 2.45) is 5.92 Å². The molecule has 1 aliphatic heterocycles. The Balaban J connectivity index is 1.50. The molecule has 0 radical (unpaired) electrons. The Kier molecular flexibility index (Phi) is 5.02. The Morgan fingerprint density at radius 2 is 1.96 bits per heavy atom. The molecule has 1 saturated carbocycles. The van der Waals surface area contributed by atoms with Crippen molar-refractivity contribution in [3.8, 4) is 0 Å². The fraction of sp³-hybridized carbons (Fsp3) is 0.632. The van der Waals surface area contributed by atoms with Crippen LogP contribution in [-0.4, -0.2) is 40.8 Å². The lowest BCUT2D eigenvalue weighted by Gasteiger charge is -2.29. The summed E-state index contributed by atoms with van der Waals surface area (Å²) in [5.74, 6) is -0.382. The first kappa shape index (κ1) is 16.5. The second-order valence-corrected chi connectivity index (χ2v) is 7.17. The molecule has 1 aromatic rings. The van der Waals surface area contributed by atoms with Gasteiger partial charge in [0.15, 0.2) is 5.60 Å². The minimum atomic E-state index is -1.33. The topological polar surface area (TPSA) is 49.8 Å². The Labute approximate surface area is 138 Å². The molecule has 1 heterocycles. The maximum Gasteiger partial charge on any atom is 0.338 e. The summed E-state index contributed by atoms with van der Waals surface area (Å²) >= 11 is 0. The Morgan fingerprint density at radius 3 is 2.65 bits per heavy atom. The first-order valence-corrected chi connectivity index (χ1v) is 8.75. The molecule has 0 aromatic heterocycles. The third-order valence-electron chi connectivity index (χ3n) is 5.32. The first-order valence-electron chi connectivity index (χ1n) is 8.75. The van der Waals surface area contributed by atoms with E-state index >= 15 is 0 Å². The number of aliphatic hydroxyl groups is 1. The summed E-state index contributed by atoms with van der Waals surface area (Å²) in [5.41, 5.74) is -0.0546. The van der Waals surface area contributed by atoms with Crippen molar-refractivity contribution in [3.63, 3.8) is 0 Å². The van der Waals surface area contributed by atoms with Crippen LogP contribution in [0.5, 0.6) is 0 Å². The van der Waals surface area contributed by atoms with Gasteiger partial charge in [0.1, 0.15) is 6.10 Å². The van der Waals surface area contributed by atoms with E-state index in [0.29, 0.717) is 0 Å². The minimum absolute atomic E-state index is 0.0526. The number of hydrogen-bond donors (Lipinski definition) is 1. The molecule has 4 heteroatoms. The summed E-state index contributed by atoms with van der Waals surface area (Å²) < 4.78 is 5.63. The lowest BCUT2D eigenvalue weighted by atomic mass is 9.88. The van der Waals surface area contributed by atoms with Gasteiger partial charge in [0.05, 0.1) is 0 Å². The molecular formula is C19H27NO3. The van der Waals surface area contributed by atoms with Gasteiger partial charge in [0.25, 0.3) is 0 Å². The molecule has 1 N–H and O–H groups in total. The zero-order valence-electron chi connectivity index (χ0n) is 13.9. The molecule has 0 spiro atoms. The van der Waals surface area contributed by atoms with Gasteiger partial charge in [-0.05, 0) is 37.7 Å². The number of carbonyl (C=O) groups excluding carboxylic acids is 1. The summed E-state index contributed by atoms with van der Waals surface area (Å²) in [7, 11) is 0. The number of carbonyl (C=O) groups is 1. The summed E-state index contributed by atoms with van der Waals surface area (Å²) in [6.45, 7) is 4.19. The van der Waals surface area contributed by atoms with Crippen LogP contribution in [0.25, 0.3) is 0 Å². The van der Waals surface area contributed by atoms with Crippen LogP contribution in [0.2, 0.25) is 0 Å². The van der Waals surface area contributed by atoms with Crippen LogP contribution in [0.3, 0.4) is 0 Å². The fourth-order valence-corrected chi connectivity index (χ4v) is 3.80. The van der Waals surface area contributed by atoms with E-state index in [0.717, 1.165) is 51.7 Å². The number of esters is 1. The van der Waals surface area contributed by atoms with Gasteiger partial charge in [-0.1, -0.05) is 43.2 Å². The van der Waals surface area contributed by atoms with E-state index in [1.165, 1.54) is 5.56 Å². The third-order valence-corrected chi connectivity index (χ3v) is 5.32. The van der Waals surface area contributed by atoms with Gasteiger partial charge in [-0.15, -0.1) is 0 Å².